The summed E-state index contributed by atoms with van der Waals surface area (Å²) < 4.78 is 1.15. The van der Waals surface area contributed by atoms with Crippen molar-refractivity contribution in [1.82, 2.24) is 0 Å². The Morgan fingerprint density at radius 2 is 1.79 bits per heavy atom. The van der Waals surface area contributed by atoms with Crippen molar-refractivity contribution in [2.45, 2.75) is 51.5 Å². The molecule has 2 nitrogen and oxygen atoms in total. The smallest absolute Gasteiger partial charge is 0.0400 e. The highest BCUT2D eigenvalue weighted by atomic mass is 79.9. The molecule has 3 heteroatoms. The van der Waals surface area contributed by atoms with Crippen molar-refractivity contribution in [3.05, 3.63) is 28.2 Å². The average molecular weight is 325 g/mol. The molecule has 106 valence electrons. The van der Waals surface area contributed by atoms with Gasteiger partial charge in [0, 0.05) is 29.3 Å². The number of halogens is 1. The van der Waals surface area contributed by atoms with Crippen molar-refractivity contribution in [2.75, 3.05) is 18.0 Å². The third kappa shape index (κ3) is 4.50. The van der Waals surface area contributed by atoms with E-state index in [2.05, 4.69) is 46.0 Å². The fourth-order valence-electron chi connectivity index (χ4n) is 2.86. The molecule has 0 aliphatic carbocycles. The van der Waals surface area contributed by atoms with E-state index in [4.69, 9.17) is 5.73 Å². The summed E-state index contributed by atoms with van der Waals surface area (Å²) >= 11 is 3.58. The Kier molecular flexibility index (Phi) is 5.71. The van der Waals surface area contributed by atoms with Gasteiger partial charge in [0.1, 0.15) is 0 Å². The minimum absolute atomic E-state index is 0.211. The van der Waals surface area contributed by atoms with Crippen molar-refractivity contribution >= 4 is 21.6 Å². The summed E-state index contributed by atoms with van der Waals surface area (Å²) in [4.78, 5) is 2.56. The summed E-state index contributed by atoms with van der Waals surface area (Å²) in [6, 6.07) is 6.85. The molecule has 1 heterocycles. The lowest BCUT2D eigenvalue weighted by atomic mass is 10.0. The second-order valence-corrected chi connectivity index (χ2v) is 6.62. The zero-order chi connectivity index (χ0) is 13.7. The van der Waals surface area contributed by atoms with E-state index >= 15 is 0 Å². The molecule has 1 aliphatic heterocycles. The Bertz CT molecular complexity index is 396. The lowest BCUT2D eigenvalue weighted by molar-refractivity contribution is 0.555. The number of benzene rings is 1. The number of anilines is 1. The van der Waals surface area contributed by atoms with Crippen molar-refractivity contribution in [3.8, 4) is 0 Å². The number of nitrogens with zero attached hydrogens (tertiary/aromatic N) is 1. The highest BCUT2D eigenvalue weighted by molar-refractivity contribution is 9.10. The minimum Gasteiger partial charge on any atom is -0.371 e. The Labute approximate surface area is 125 Å². The summed E-state index contributed by atoms with van der Waals surface area (Å²) in [5.74, 6) is 0. The molecule has 0 spiro atoms. The van der Waals surface area contributed by atoms with Crippen LogP contribution in [0.25, 0.3) is 0 Å². The molecular formula is C16H25BrN2. The van der Waals surface area contributed by atoms with Crippen LogP contribution in [0.2, 0.25) is 0 Å². The van der Waals surface area contributed by atoms with Crippen molar-refractivity contribution in [3.63, 3.8) is 0 Å². The van der Waals surface area contributed by atoms with Crippen molar-refractivity contribution < 1.29 is 0 Å². The monoisotopic (exact) mass is 324 g/mol. The van der Waals surface area contributed by atoms with Crippen LogP contribution in [-0.4, -0.2) is 19.1 Å². The molecule has 0 radical (unpaired) electrons. The molecule has 0 aromatic heterocycles. The summed E-state index contributed by atoms with van der Waals surface area (Å²) in [5.41, 5.74) is 8.77. The predicted octanol–water partition coefficient (Wildman–Crippen LogP) is 4.11. The first-order valence-electron chi connectivity index (χ1n) is 7.46. The van der Waals surface area contributed by atoms with Crippen LogP contribution < -0.4 is 10.6 Å². The van der Waals surface area contributed by atoms with Gasteiger partial charge in [-0.3, -0.25) is 0 Å². The highest BCUT2D eigenvalue weighted by Gasteiger charge is 2.14. The zero-order valence-electron chi connectivity index (χ0n) is 11.9. The van der Waals surface area contributed by atoms with E-state index in [1.54, 1.807) is 0 Å². The Balaban J connectivity index is 2.20. The van der Waals surface area contributed by atoms with E-state index in [0.717, 1.165) is 10.9 Å². The molecule has 2 N–H and O–H groups in total. The highest BCUT2D eigenvalue weighted by Crippen LogP contribution is 2.27. The number of hydrogen-bond donors (Lipinski definition) is 1. The van der Waals surface area contributed by atoms with Crippen LogP contribution in [0.3, 0.4) is 0 Å². The Morgan fingerprint density at radius 1 is 1.16 bits per heavy atom. The van der Waals surface area contributed by atoms with Gasteiger partial charge in [-0.2, -0.15) is 0 Å². The molecular weight excluding hydrogens is 300 g/mol. The fourth-order valence-corrected chi connectivity index (χ4v) is 3.27. The molecule has 0 saturated carbocycles. The first kappa shape index (κ1) is 14.9. The molecule has 1 fully saturated rings. The van der Waals surface area contributed by atoms with E-state index in [1.807, 2.05) is 0 Å². The van der Waals surface area contributed by atoms with Crippen molar-refractivity contribution in [2.24, 2.45) is 5.73 Å². The molecule has 19 heavy (non-hydrogen) atoms. The lowest BCUT2D eigenvalue weighted by Crippen LogP contribution is -2.29. The minimum atomic E-state index is 0.211. The van der Waals surface area contributed by atoms with Crippen LogP contribution in [0.1, 0.15) is 44.6 Å². The zero-order valence-corrected chi connectivity index (χ0v) is 13.5. The molecule has 1 aromatic rings. The molecule has 0 amide bonds. The Hall–Kier alpha value is -0.540. The molecule has 1 atom stereocenters. The van der Waals surface area contributed by atoms with Gasteiger partial charge in [0.15, 0.2) is 0 Å². The Morgan fingerprint density at radius 3 is 2.42 bits per heavy atom. The maximum Gasteiger partial charge on any atom is 0.0400 e. The van der Waals surface area contributed by atoms with Gasteiger partial charge in [-0.15, -0.1) is 0 Å². The van der Waals surface area contributed by atoms with Gasteiger partial charge >= 0.3 is 0 Å². The summed E-state index contributed by atoms with van der Waals surface area (Å²) in [5, 5.41) is 0. The van der Waals surface area contributed by atoms with Crippen LogP contribution in [0.15, 0.2) is 22.7 Å². The molecule has 0 bridgehead atoms. The normalized spacial score (nSPS) is 18.8. The number of nitrogens with two attached hydrogens (primary N) is 1. The topological polar surface area (TPSA) is 29.3 Å². The third-order valence-electron chi connectivity index (χ3n) is 3.78. The van der Waals surface area contributed by atoms with Crippen LogP contribution in [-0.2, 0) is 6.42 Å². The largest absolute Gasteiger partial charge is 0.371 e. The first-order chi connectivity index (χ1) is 9.16. The van der Waals surface area contributed by atoms with Gasteiger partial charge in [-0.25, -0.2) is 0 Å². The van der Waals surface area contributed by atoms with E-state index in [1.165, 1.54) is 56.4 Å². The second-order valence-electron chi connectivity index (χ2n) is 5.71. The average Bonchev–Trinajstić information content (AvgIpc) is 2.29. The molecule has 1 saturated heterocycles. The van der Waals surface area contributed by atoms with Crippen LogP contribution >= 0.6 is 15.9 Å². The molecule has 1 aliphatic rings. The van der Waals surface area contributed by atoms with E-state index in [9.17, 15) is 0 Å². The van der Waals surface area contributed by atoms with Crippen molar-refractivity contribution in [1.29, 1.82) is 0 Å². The quantitative estimate of drug-likeness (QED) is 0.906. The van der Waals surface area contributed by atoms with Gasteiger partial charge in [0.25, 0.3) is 0 Å². The molecule has 2 rings (SSSR count). The van der Waals surface area contributed by atoms with E-state index in [-0.39, 0.29) is 6.04 Å². The lowest BCUT2D eigenvalue weighted by Gasteiger charge is -2.29. The summed E-state index contributed by atoms with van der Waals surface area (Å²) in [6.45, 7) is 4.46. The van der Waals surface area contributed by atoms with Gasteiger partial charge in [0.2, 0.25) is 0 Å². The molecule has 1 aromatic carbocycles. The standard InChI is InChI=1S/C16H25BrN2/c1-13(18)11-14-12-15(17)7-8-16(14)19-9-5-3-2-4-6-10-19/h7-8,12-13H,2-6,9-11,18H2,1H3. The van der Waals surface area contributed by atoms with Crippen LogP contribution in [0.5, 0.6) is 0 Å². The van der Waals surface area contributed by atoms with Gasteiger partial charge in [0.05, 0.1) is 0 Å². The summed E-state index contributed by atoms with van der Waals surface area (Å²) in [7, 11) is 0. The number of hydrogen-bond acceptors (Lipinski definition) is 2. The van der Waals surface area contributed by atoms with Gasteiger partial charge < -0.3 is 10.6 Å². The van der Waals surface area contributed by atoms with Gasteiger partial charge in [-0.1, -0.05) is 35.2 Å². The third-order valence-corrected chi connectivity index (χ3v) is 4.27. The summed E-state index contributed by atoms with van der Waals surface area (Å²) in [6.07, 6.45) is 7.72. The fraction of sp³-hybridized carbons (Fsp3) is 0.625. The molecule has 1 unspecified atom stereocenters. The predicted molar refractivity (Wildman–Crippen MR) is 86.8 cm³/mol. The van der Waals surface area contributed by atoms with E-state index < -0.39 is 0 Å². The second kappa shape index (κ2) is 7.30. The van der Waals surface area contributed by atoms with Crippen LogP contribution in [0.4, 0.5) is 5.69 Å². The van der Waals surface area contributed by atoms with Gasteiger partial charge in [-0.05, 0) is 49.9 Å². The maximum atomic E-state index is 5.99. The SMILES string of the molecule is CC(N)Cc1cc(Br)ccc1N1CCCCCCC1. The number of rotatable bonds is 3. The van der Waals surface area contributed by atoms with Crippen LogP contribution in [0, 0.1) is 0 Å². The maximum absolute atomic E-state index is 5.99. The van der Waals surface area contributed by atoms with E-state index in [0.29, 0.717) is 0 Å². The first-order valence-corrected chi connectivity index (χ1v) is 8.25.